The summed E-state index contributed by atoms with van der Waals surface area (Å²) in [5.41, 5.74) is 0.837. The van der Waals surface area contributed by atoms with Crippen molar-refractivity contribution in [2.24, 2.45) is 5.92 Å². The summed E-state index contributed by atoms with van der Waals surface area (Å²) in [6.07, 6.45) is 1.84. The molecule has 1 fully saturated rings. The second-order valence-corrected chi connectivity index (χ2v) is 10.2. The molecule has 1 aromatic carbocycles. The maximum Gasteiger partial charge on any atom is 0.282 e. The standard InChI is InChI=1S/C18H29Cl2N3O2S/c1-14(2)18(21(3)4)13-23(26(24,25)22-9-5-6-10-22)12-15-7-8-16(19)17(20)11-15/h7-8,11,14,18H,5-6,9-10,12-13H2,1-4H3. The molecule has 1 unspecified atom stereocenters. The van der Waals surface area contributed by atoms with Gasteiger partial charge in [-0.2, -0.15) is 17.0 Å². The molecule has 0 aromatic heterocycles. The lowest BCUT2D eigenvalue weighted by Gasteiger charge is -2.35. The first-order valence-electron chi connectivity index (χ1n) is 8.98. The third-order valence-corrected chi connectivity index (χ3v) is 7.57. The lowest BCUT2D eigenvalue weighted by molar-refractivity contribution is 0.186. The van der Waals surface area contributed by atoms with Crippen LogP contribution in [-0.4, -0.2) is 61.7 Å². The zero-order valence-corrected chi connectivity index (χ0v) is 18.3. The molecule has 1 atom stereocenters. The van der Waals surface area contributed by atoms with E-state index < -0.39 is 10.2 Å². The molecule has 0 N–H and O–H groups in total. The van der Waals surface area contributed by atoms with Gasteiger partial charge in [0.05, 0.1) is 10.0 Å². The van der Waals surface area contributed by atoms with Crippen molar-refractivity contribution in [1.82, 2.24) is 13.5 Å². The third-order valence-electron chi connectivity index (χ3n) is 4.88. The van der Waals surface area contributed by atoms with Crippen LogP contribution in [0.5, 0.6) is 0 Å². The fraction of sp³-hybridized carbons (Fsp3) is 0.667. The first-order chi connectivity index (χ1) is 12.1. The number of hydrogen-bond donors (Lipinski definition) is 0. The van der Waals surface area contributed by atoms with Gasteiger partial charge in [0.25, 0.3) is 10.2 Å². The van der Waals surface area contributed by atoms with Gasteiger partial charge >= 0.3 is 0 Å². The van der Waals surface area contributed by atoms with Crippen molar-refractivity contribution in [3.63, 3.8) is 0 Å². The quantitative estimate of drug-likeness (QED) is 0.642. The highest BCUT2D eigenvalue weighted by molar-refractivity contribution is 7.86. The van der Waals surface area contributed by atoms with E-state index in [1.807, 2.05) is 20.2 Å². The third kappa shape index (κ3) is 5.33. The van der Waals surface area contributed by atoms with Gasteiger partial charge in [0.2, 0.25) is 0 Å². The maximum atomic E-state index is 13.2. The predicted molar refractivity (Wildman–Crippen MR) is 109 cm³/mol. The molecule has 0 amide bonds. The summed E-state index contributed by atoms with van der Waals surface area (Å²) in [4.78, 5) is 2.09. The van der Waals surface area contributed by atoms with Crippen LogP contribution in [0.15, 0.2) is 18.2 Å². The summed E-state index contributed by atoms with van der Waals surface area (Å²) < 4.78 is 29.7. The molecule has 0 radical (unpaired) electrons. The Labute approximate surface area is 168 Å². The summed E-state index contributed by atoms with van der Waals surface area (Å²) in [5, 5.41) is 0.911. The van der Waals surface area contributed by atoms with Crippen molar-refractivity contribution >= 4 is 33.4 Å². The molecule has 2 rings (SSSR count). The van der Waals surface area contributed by atoms with Crippen molar-refractivity contribution in [3.05, 3.63) is 33.8 Å². The van der Waals surface area contributed by atoms with E-state index in [1.165, 1.54) is 0 Å². The minimum atomic E-state index is -3.52. The average molecular weight is 422 g/mol. The zero-order chi connectivity index (χ0) is 19.5. The van der Waals surface area contributed by atoms with Crippen molar-refractivity contribution in [3.8, 4) is 0 Å². The lowest BCUT2D eigenvalue weighted by atomic mass is 10.0. The van der Waals surface area contributed by atoms with Gasteiger partial charge < -0.3 is 4.90 Å². The van der Waals surface area contributed by atoms with Crippen molar-refractivity contribution in [2.45, 2.75) is 39.3 Å². The summed E-state index contributed by atoms with van der Waals surface area (Å²) in [6, 6.07) is 5.42. The second kappa shape index (κ2) is 9.22. The van der Waals surface area contributed by atoms with Crippen LogP contribution in [0.1, 0.15) is 32.3 Å². The molecule has 0 spiro atoms. The minimum absolute atomic E-state index is 0.121. The van der Waals surface area contributed by atoms with Crippen molar-refractivity contribution in [2.75, 3.05) is 33.7 Å². The van der Waals surface area contributed by atoms with Gasteiger partial charge in [-0.25, -0.2) is 0 Å². The van der Waals surface area contributed by atoms with Gasteiger partial charge in [0.1, 0.15) is 0 Å². The Kier molecular flexibility index (Phi) is 7.77. The van der Waals surface area contributed by atoms with Gasteiger partial charge in [0.15, 0.2) is 0 Å². The summed E-state index contributed by atoms with van der Waals surface area (Å²) in [7, 11) is 0.461. The van der Waals surface area contributed by atoms with E-state index in [2.05, 4.69) is 18.7 Å². The first kappa shape index (κ1) is 21.9. The normalized spacial score (nSPS) is 17.6. The molecule has 1 aliphatic rings. The van der Waals surface area contributed by atoms with Crippen LogP contribution in [0, 0.1) is 5.92 Å². The molecular weight excluding hydrogens is 393 g/mol. The Balaban J connectivity index is 2.32. The van der Waals surface area contributed by atoms with E-state index >= 15 is 0 Å². The molecule has 1 heterocycles. The molecule has 1 saturated heterocycles. The van der Waals surface area contributed by atoms with Crippen LogP contribution in [0.4, 0.5) is 0 Å². The highest BCUT2D eigenvalue weighted by Crippen LogP contribution is 2.26. The second-order valence-electron chi connectivity index (χ2n) is 7.43. The Morgan fingerprint density at radius 3 is 2.23 bits per heavy atom. The van der Waals surface area contributed by atoms with Gasteiger partial charge in [-0.05, 0) is 50.6 Å². The molecule has 1 aliphatic heterocycles. The molecule has 26 heavy (non-hydrogen) atoms. The molecule has 8 heteroatoms. The topological polar surface area (TPSA) is 43.9 Å². The predicted octanol–water partition coefficient (Wildman–Crippen LogP) is 3.72. The molecule has 1 aromatic rings. The number of nitrogens with zero attached hydrogens (tertiary/aromatic N) is 3. The first-order valence-corrected chi connectivity index (χ1v) is 11.1. The molecule has 0 bridgehead atoms. The maximum absolute atomic E-state index is 13.2. The largest absolute Gasteiger partial charge is 0.305 e. The number of halogens is 2. The number of hydrogen-bond acceptors (Lipinski definition) is 3. The van der Waals surface area contributed by atoms with Gasteiger partial charge in [-0.1, -0.05) is 43.1 Å². The van der Waals surface area contributed by atoms with Gasteiger partial charge in [-0.15, -0.1) is 0 Å². The van der Waals surface area contributed by atoms with Crippen LogP contribution in [-0.2, 0) is 16.8 Å². The van der Waals surface area contributed by atoms with E-state index in [4.69, 9.17) is 23.2 Å². The smallest absolute Gasteiger partial charge is 0.282 e. The van der Waals surface area contributed by atoms with E-state index in [1.54, 1.807) is 20.7 Å². The minimum Gasteiger partial charge on any atom is -0.305 e. The molecule has 5 nitrogen and oxygen atoms in total. The van der Waals surface area contributed by atoms with Crippen LogP contribution >= 0.6 is 23.2 Å². The van der Waals surface area contributed by atoms with Crippen molar-refractivity contribution in [1.29, 1.82) is 0 Å². The number of benzene rings is 1. The van der Waals surface area contributed by atoms with Gasteiger partial charge in [0, 0.05) is 32.2 Å². The Morgan fingerprint density at radius 1 is 1.12 bits per heavy atom. The summed E-state index contributed by atoms with van der Waals surface area (Å²) in [6.45, 7) is 6.13. The highest BCUT2D eigenvalue weighted by atomic mass is 35.5. The van der Waals surface area contributed by atoms with Crippen LogP contribution < -0.4 is 0 Å². The van der Waals surface area contributed by atoms with Gasteiger partial charge in [-0.3, -0.25) is 0 Å². The Hall–Kier alpha value is -0.370. The van der Waals surface area contributed by atoms with E-state index in [9.17, 15) is 8.42 Å². The SMILES string of the molecule is CC(C)C(CN(Cc1ccc(Cl)c(Cl)c1)S(=O)(=O)N1CCCC1)N(C)C. The molecule has 0 aliphatic carbocycles. The molecule has 148 valence electrons. The van der Waals surface area contributed by atoms with E-state index in [0.717, 1.165) is 18.4 Å². The summed E-state index contributed by atoms with van der Waals surface area (Å²) >= 11 is 12.1. The van der Waals surface area contributed by atoms with Crippen molar-refractivity contribution < 1.29 is 8.42 Å². The fourth-order valence-corrected chi connectivity index (χ4v) is 5.36. The van der Waals surface area contributed by atoms with E-state index in [-0.39, 0.29) is 12.6 Å². The highest BCUT2D eigenvalue weighted by Gasteiger charge is 2.34. The molecule has 0 saturated carbocycles. The fourth-order valence-electron chi connectivity index (χ4n) is 3.34. The Morgan fingerprint density at radius 2 is 1.73 bits per heavy atom. The summed E-state index contributed by atoms with van der Waals surface area (Å²) in [5.74, 6) is 0.329. The van der Waals surface area contributed by atoms with E-state index in [0.29, 0.717) is 35.6 Å². The monoisotopic (exact) mass is 421 g/mol. The number of likely N-dealkylation sites (N-methyl/N-ethyl adjacent to an activating group) is 1. The lowest BCUT2D eigenvalue weighted by Crippen LogP contribution is -2.49. The molecular formula is C18H29Cl2N3O2S. The number of rotatable bonds is 8. The Bertz CT molecular complexity index is 696. The van der Waals surface area contributed by atoms with Crippen LogP contribution in [0.3, 0.4) is 0 Å². The average Bonchev–Trinajstić information content (AvgIpc) is 3.09. The van der Waals surface area contributed by atoms with Crippen LogP contribution in [0.25, 0.3) is 0 Å². The van der Waals surface area contributed by atoms with Crippen LogP contribution in [0.2, 0.25) is 10.0 Å². The zero-order valence-electron chi connectivity index (χ0n) is 16.0.